The maximum Gasteiger partial charge on any atom is 0.287 e. The van der Waals surface area contributed by atoms with Crippen LogP contribution in [0.1, 0.15) is 0 Å². The fourth-order valence-corrected chi connectivity index (χ4v) is 0.965. The Balaban J connectivity index is 2.70. The maximum atomic E-state index is 12.7. The number of aliphatic hydroxyl groups is 1. The summed E-state index contributed by atoms with van der Waals surface area (Å²) in [6.45, 7) is -2.04. The topological polar surface area (TPSA) is 83.0 Å². The number of halogens is 3. The molecule has 1 rings (SSSR count). The average Bonchev–Trinajstić information content (AvgIpc) is 2.26. The van der Waals surface area contributed by atoms with E-state index in [2.05, 4.69) is 25.6 Å². The van der Waals surface area contributed by atoms with Gasteiger partial charge in [-0.05, 0) is 11.6 Å². The van der Waals surface area contributed by atoms with Crippen LogP contribution in [-0.4, -0.2) is 46.2 Å². The van der Waals surface area contributed by atoms with Crippen LogP contribution in [-0.2, 0) is 0 Å². The van der Waals surface area contributed by atoms with Crippen LogP contribution in [0.3, 0.4) is 0 Å². The summed E-state index contributed by atoms with van der Waals surface area (Å²) in [4.78, 5) is 11.0. The summed E-state index contributed by atoms with van der Waals surface area (Å²) in [7, 11) is 1.55. The van der Waals surface area contributed by atoms with Crippen molar-refractivity contribution in [3.63, 3.8) is 0 Å². The molecule has 0 aliphatic rings. The molecule has 0 saturated carbocycles. The van der Waals surface area contributed by atoms with E-state index in [-0.39, 0.29) is 17.2 Å². The number of alkyl halides is 2. The highest BCUT2D eigenvalue weighted by molar-refractivity contribution is 6.28. The number of aromatic nitrogens is 3. The van der Waals surface area contributed by atoms with Crippen molar-refractivity contribution < 1.29 is 13.9 Å². The molecule has 0 spiro atoms. The van der Waals surface area contributed by atoms with Gasteiger partial charge in [-0.3, -0.25) is 0 Å². The summed E-state index contributed by atoms with van der Waals surface area (Å²) >= 11 is 5.53. The molecule has 0 aliphatic heterocycles. The molecular weight excluding hydrogens is 244 g/mol. The van der Waals surface area contributed by atoms with Crippen molar-refractivity contribution in [3.8, 4) is 0 Å². The first-order valence-corrected chi connectivity index (χ1v) is 4.66. The lowest BCUT2D eigenvalue weighted by Gasteiger charge is -2.13. The van der Waals surface area contributed by atoms with Crippen molar-refractivity contribution in [3.05, 3.63) is 5.28 Å². The van der Waals surface area contributed by atoms with Gasteiger partial charge in [-0.2, -0.15) is 15.0 Å². The first-order chi connectivity index (χ1) is 7.46. The van der Waals surface area contributed by atoms with E-state index in [1.807, 2.05) is 0 Å². The lowest BCUT2D eigenvalue weighted by molar-refractivity contribution is -0.0374. The van der Waals surface area contributed by atoms with Crippen LogP contribution >= 0.6 is 11.6 Å². The van der Waals surface area contributed by atoms with Gasteiger partial charge < -0.3 is 15.7 Å². The summed E-state index contributed by atoms with van der Waals surface area (Å²) in [6.07, 6.45) is 0. The third kappa shape index (κ3) is 3.70. The van der Waals surface area contributed by atoms with Gasteiger partial charge in [0, 0.05) is 7.05 Å². The molecule has 0 atom stereocenters. The smallest absolute Gasteiger partial charge is 0.287 e. The predicted octanol–water partition coefficient (Wildman–Crippen LogP) is 0.606. The van der Waals surface area contributed by atoms with Crippen LogP contribution in [0.5, 0.6) is 0 Å². The first kappa shape index (κ1) is 12.8. The minimum absolute atomic E-state index is 0.0857. The normalized spacial score (nSPS) is 11.3. The van der Waals surface area contributed by atoms with Crippen LogP contribution < -0.4 is 10.6 Å². The highest BCUT2D eigenvalue weighted by Crippen LogP contribution is 2.14. The molecule has 0 fully saturated rings. The second kappa shape index (κ2) is 5.17. The number of nitrogens with zero attached hydrogens (tertiary/aromatic N) is 3. The predicted molar refractivity (Wildman–Crippen MR) is 54.9 cm³/mol. The zero-order valence-electron chi connectivity index (χ0n) is 8.34. The van der Waals surface area contributed by atoms with E-state index in [4.69, 9.17) is 16.7 Å². The van der Waals surface area contributed by atoms with E-state index in [1.54, 1.807) is 7.05 Å². The maximum absolute atomic E-state index is 12.7. The highest BCUT2D eigenvalue weighted by Gasteiger charge is 2.27. The van der Waals surface area contributed by atoms with Crippen molar-refractivity contribution in [1.29, 1.82) is 0 Å². The Bertz CT molecular complexity index is 365. The van der Waals surface area contributed by atoms with Crippen molar-refractivity contribution in [2.45, 2.75) is 5.92 Å². The Morgan fingerprint density at radius 3 is 2.50 bits per heavy atom. The minimum Gasteiger partial charge on any atom is -0.390 e. The summed E-state index contributed by atoms with van der Waals surface area (Å²) in [5, 5.41) is 13.1. The average molecular weight is 254 g/mol. The third-order valence-corrected chi connectivity index (χ3v) is 1.74. The van der Waals surface area contributed by atoms with Gasteiger partial charge in [-0.15, -0.1) is 0 Å². The van der Waals surface area contributed by atoms with Gasteiger partial charge in [0.1, 0.15) is 6.61 Å². The number of rotatable bonds is 5. The molecule has 16 heavy (non-hydrogen) atoms. The zero-order chi connectivity index (χ0) is 12.2. The molecule has 1 aromatic rings. The Morgan fingerprint density at radius 1 is 1.31 bits per heavy atom. The van der Waals surface area contributed by atoms with E-state index < -0.39 is 19.1 Å². The number of hydrogen-bond acceptors (Lipinski definition) is 6. The van der Waals surface area contributed by atoms with Crippen LogP contribution in [0.15, 0.2) is 0 Å². The summed E-state index contributed by atoms with van der Waals surface area (Å²) in [6, 6.07) is 0. The van der Waals surface area contributed by atoms with Crippen molar-refractivity contribution in [2.75, 3.05) is 30.8 Å². The van der Waals surface area contributed by atoms with Gasteiger partial charge in [-0.1, -0.05) is 0 Å². The highest BCUT2D eigenvalue weighted by atomic mass is 35.5. The fourth-order valence-electron chi connectivity index (χ4n) is 0.805. The summed E-state index contributed by atoms with van der Waals surface area (Å²) in [5.74, 6) is -3.16. The van der Waals surface area contributed by atoms with Crippen LogP contribution in [0.4, 0.5) is 20.7 Å². The molecule has 1 aromatic heterocycles. The molecule has 3 N–H and O–H groups in total. The van der Waals surface area contributed by atoms with Crippen LogP contribution in [0, 0.1) is 0 Å². The molecule has 0 aromatic carbocycles. The van der Waals surface area contributed by atoms with Gasteiger partial charge in [0.15, 0.2) is 0 Å². The Labute approximate surface area is 95.1 Å². The molecule has 0 saturated heterocycles. The number of aliphatic hydroxyl groups excluding tert-OH is 1. The van der Waals surface area contributed by atoms with Gasteiger partial charge in [0.25, 0.3) is 5.92 Å². The second-order valence-electron chi connectivity index (χ2n) is 2.87. The number of hydrogen-bond donors (Lipinski definition) is 3. The molecule has 1 heterocycles. The zero-order valence-corrected chi connectivity index (χ0v) is 9.09. The van der Waals surface area contributed by atoms with E-state index in [0.717, 1.165) is 0 Å². The third-order valence-electron chi connectivity index (χ3n) is 1.57. The molecule has 0 bridgehead atoms. The van der Waals surface area contributed by atoms with Gasteiger partial charge in [0.05, 0.1) is 6.54 Å². The molecule has 0 aliphatic carbocycles. The van der Waals surface area contributed by atoms with E-state index in [1.165, 1.54) is 0 Å². The van der Waals surface area contributed by atoms with E-state index in [9.17, 15) is 8.78 Å². The SMILES string of the molecule is CNc1nc(Cl)nc(NCC(F)(F)CO)n1. The minimum atomic E-state index is -3.24. The molecule has 90 valence electrons. The first-order valence-electron chi connectivity index (χ1n) is 4.29. The van der Waals surface area contributed by atoms with Crippen LogP contribution in [0.2, 0.25) is 5.28 Å². The van der Waals surface area contributed by atoms with E-state index >= 15 is 0 Å². The van der Waals surface area contributed by atoms with E-state index in [0.29, 0.717) is 0 Å². The fraction of sp³-hybridized carbons (Fsp3) is 0.571. The van der Waals surface area contributed by atoms with Crippen LogP contribution in [0.25, 0.3) is 0 Å². The molecular formula is C7H10ClF2N5O. The Hall–Kier alpha value is -1.28. The molecule has 0 unspecified atom stereocenters. The van der Waals surface area contributed by atoms with Gasteiger partial charge >= 0.3 is 0 Å². The quantitative estimate of drug-likeness (QED) is 0.713. The standard InChI is InChI=1S/C7H10ClF2N5O/c1-11-5-13-4(8)14-6(15-5)12-2-7(9,10)3-16/h16H,2-3H2,1H3,(H2,11,12,13,14,15). The second-order valence-corrected chi connectivity index (χ2v) is 3.21. The van der Waals surface area contributed by atoms with Gasteiger partial charge in [0.2, 0.25) is 17.2 Å². The Kier molecular flexibility index (Phi) is 4.13. The summed E-state index contributed by atoms with van der Waals surface area (Å²) in [5.41, 5.74) is 0. The molecule has 0 amide bonds. The van der Waals surface area contributed by atoms with Crippen molar-refractivity contribution >= 4 is 23.5 Å². The monoisotopic (exact) mass is 253 g/mol. The Morgan fingerprint density at radius 2 is 1.94 bits per heavy atom. The molecule has 0 radical (unpaired) electrons. The van der Waals surface area contributed by atoms with Crippen molar-refractivity contribution in [1.82, 2.24) is 15.0 Å². The number of nitrogens with one attached hydrogen (secondary N) is 2. The molecule has 9 heteroatoms. The largest absolute Gasteiger partial charge is 0.390 e. The lowest BCUT2D eigenvalue weighted by Crippen LogP contribution is -2.31. The van der Waals surface area contributed by atoms with Gasteiger partial charge in [-0.25, -0.2) is 8.78 Å². The molecule has 6 nitrogen and oxygen atoms in total. The summed E-state index contributed by atoms with van der Waals surface area (Å²) < 4.78 is 25.4. The van der Waals surface area contributed by atoms with Crippen molar-refractivity contribution in [2.24, 2.45) is 0 Å². The number of anilines is 2. The lowest BCUT2D eigenvalue weighted by atomic mass is 10.3.